The van der Waals surface area contributed by atoms with Crippen LogP contribution >= 0.6 is 0 Å². The van der Waals surface area contributed by atoms with Crippen molar-refractivity contribution in [2.45, 2.75) is 86.7 Å². The van der Waals surface area contributed by atoms with Gasteiger partial charge in [0.2, 0.25) is 0 Å². The molecule has 3 aromatic rings. The summed E-state index contributed by atoms with van der Waals surface area (Å²) in [6.07, 6.45) is 1.46. The number of carbonyl (C=O) groups is 2. The Morgan fingerprint density at radius 3 is 1.45 bits per heavy atom. The first-order valence-corrected chi connectivity index (χ1v) is 17.0. The molecule has 0 amide bonds. The van der Waals surface area contributed by atoms with Gasteiger partial charge < -0.3 is 24.1 Å². The summed E-state index contributed by atoms with van der Waals surface area (Å²) < 4.78 is 16.1. The molecule has 0 aliphatic heterocycles. The highest BCUT2D eigenvalue weighted by Crippen LogP contribution is 2.21. The minimum atomic E-state index is -0.907. The second kappa shape index (κ2) is 28.1. The van der Waals surface area contributed by atoms with E-state index in [2.05, 4.69) is 6.07 Å². The maximum Gasteiger partial charge on any atom is 0.154 e. The van der Waals surface area contributed by atoms with E-state index in [1.165, 1.54) is 0 Å². The van der Waals surface area contributed by atoms with E-state index in [9.17, 15) is 14.7 Å². The van der Waals surface area contributed by atoms with Crippen molar-refractivity contribution in [2.75, 3.05) is 19.8 Å². The second-order valence-corrected chi connectivity index (χ2v) is 12.9. The van der Waals surface area contributed by atoms with E-state index in [0.29, 0.717) is 52.5 Å². The molecule has 9 nitrogen and oxygen atoms in total. The lowest BCUT2D eigenvalue weighted by atomic mass is 9.87. The number of carbonyl (C=O) groups excluding carboxylic acids is 2. The second-order valence-electron chi connectivity index (χ2n) is 12.9. The van der Waals surface area contributed by atoms with Crippen molar-refractivity contribution < 1.29 is 28.9 Å². The first-order chi connectivity index (χ1) is 24.3. The third-order valence-corrected chi connectivity index (χ3v) is 7.08. The van der Waals surface area contributed by atoms with E-state index in [1.807, 2.05) is 117 Å². The van der Waals surface area contributed by atoms with Crippen molar-refractivity contribution in [3.8, 4) is 18.2 Å². The SMILES string of the molecule is CC(C)(C#N)C(=O)CCOCc1ccccc1.CC(C)(C#N)C(O)CCOCc1ccccc1.CC(C)C#N.O=CCCOCc1ccccc1. The van der Waals surface area contributed by atoms with Gasteiger partial charge in [0.1, 0.15) is 11.7 Å². The number of ether oxygens (including phenoxy) is 3. The molecule has 0 radical (unpaired) electrons. The van der Waals surface area contributed by atoms with E-state index < -0.39 is 16.9 Å². The van der Waals surface area contributed by atoms with Crippen LogP contribution in [0.3, 0.4) is 0 Å². The summed E-state index contributed by atoms with van der Waals surface area (Å²) in [5.41, 5.74) is 1.72. The van der Waals surface area contributed by atoms with Gasteiger partial charge in [0, 0.05) is 25.4 Å². The summed E-state index contributed by atoms with van der Waals surface area (Å²) >= 11 is 0. The third kappa shape index (κ3) is 24.2. The summed E-state index contributed by atoms with van der Waals surface area (Å²) in [4.78, 5) is 21.5. The van der Waals surface area contributed by atoms with Crippen LogP contribution in [0.4, 0.5) is 0 Å². The molecule has 1 atom stereocenters. The van der Waals surface area contributed by atoms with Gasteiger partial charge in [0.05, 0.1) is 62.8 Å². The maximum atomic E-state index is 11.6. The zero-order chi connectivity index (χ0) is 38.4. The number of aliphatic hydroxyl groups excluding tert-OH is 1. The van der Waals surface area contributed by atoms with Crippen LogP contribution < -0.4 is 0 Å². The molecular weight excluding hydrogens is 642 g/mol. The number of benzene rings is 3. The van der Waals surface area contributed by atoms with Crippen LogP contribution in [0.15, 0.2) is 91.0 Å². The normalized spacial score (nSPS) is 11.0. The summed E-state index contributed by atoms with van der Waals surface area (Å²) in [5, 5.41) is 35.3. The van der Waals surface area contributed by atoms with E-state index in [0.717, 1.165) is 23.0 Å². The molecule has 0 fully saturated rings. The molecule has 0 heterocycles. The summed E-state index contributed by atoms with van der Waals surface area (Å²) in [5.74, 6) is 0.114. The van der Waals surface area contributed by atoms with Crippen LogP contribution in [0.5, 0.6) is 0 Å². The Morgan fingerprint density at radius 1 is 0.706 bits per heavy atom. The molecule has 1 unspecified atom stereocenters. The largest absolute Gasteiger partial charge is 0.391 e. The maximum absolute atomic E-state index is 11.6. The highest BCUT2D eigenvalue weighted by atomic mass is 16.5. The Labute approximate surface area is 305 Å². The zero-order valence-electron chi connectivity index (χ0n) is 31.1. The summed E-state index contributed by atoms with van der Waals surface area (Å²) in [6, 6.07) is 35.7. The van der Waals surface area contributed by atoms with Crippen LogP contribution in [0, 0.1) is 50.7 Å². The molecule has 0 saturated carbocycles. The average Bonchev–Trinajstić information content (AvgIpc) is 3.15. The van der Waals surface area contributed by atoms with Gasteiger partial charge in [0.25, 0.3) is 0 Å². The molecule has 0 aliphatic rings. The Morgan fingerprint density at radius 2 is 1.10 bits per heavy atom. The van der Waals surface area contributed by atoms with Crippen LogP contribution in [0.2, 0.25) is 0 Å². The standard InChI is InChI=1S/C14H19NO2.C14H17NO2.C10H12O2.C4H7N/c2*1-14(2,11-15)13(16)8-9-17-10-12-6-4-3-5-7-12;11-7-4-8-12-9-10-5-2-1-3-6-10;1-4(2)3-5/h3-7,13,16H,8-10H2,1-2H3;3-7H,8-10H2,1-2H3;1-3,5-7H,4,8-9H2;4H,1-2H3. The molecule has 0 bridgehead atoms. The van der Waals surface area contributed by atoms with Crippen molar-refractivity contribution >= 4 is 12.1 Å². The zero-order valence-corrected chi connectivity index (χ0v) is 31.1. The topological polar surface area (TPSA) is 153 Å². The number of hydrogen-bond donors (Lipinski definition) is 1. The molecule has 9 heteroatoms. The van der Waals surface area contributed by atoms with Crippen LogP contribution in [-0.4, -0.2) is 43.1 Å². The predicted octanol–water partition coefficient (Wildman–Crippen LogP) is 8.17. The predicted molar refractivity (Wildman–Crippen MR) is 198 cm³/mol. The van der Waals surface area contributed by atoms with Crippen molar-refractivity contribution in [2.24, 2.45) is 16.7 Å². The fourth-order valence-corrected chi connectivity index (χ4v) is 3.59. The number of aldehydes is 1. The van der Waals surface area contributed by atoms with Crippen molar-refractivity contribution in [3.63, 3.8) is 0 Å². The van der Waals surface area contributed by atoms with Gasteiger partial charge in [-0.3, -0.25) is 4.79 Å². The van der Waals surface area contributed by atoms with Crippen molar-refractivity contribution in [1.82, 2.24) is 0 Å². The number of nitriles is 3. The van der Waals surface area contributed by atoms with E-state index in [-0.39, 0.29) is 18.1 Å². The first-order valence-electron chi connectivity index (χ1n) is 17.0. The Balaban J connectivity index is 0.000000697. The monoisotopic (exact) mass is 697 g/mol. The van der Waals surface area contributed by atoms with Crippen molar-refractivity contribution in [3.05, 3.63) is 108 Å². The fourth-order valence-electron chi connectivity index (χ4n) is 3.59. The average molecular weight is 698 g/mol. The summed E-state index contributed by atoms with van der Waals surface area (Å²) in [7, 11) is 0. The molecule has 0 saturated heterocycles. The summed E-state index contributed by atoms with van der Waals surface area (Å²) in [6.45, 7) is 13.4. The minimum absolute atomic E-state index is 0.0759. The number of rotatable bonds is 17. The highest BCUT2D eigenvalue weighted by molar-refractivity contribution is 5.86. The number of nitrogens with zero attached hydrogens (tertiary/aromatic N) is 3. The molecule has 0 aliphatic carbocycles. The number of ketones is 1. The Hall–Kier alpha value is -4.69. The number of hydrogen-bond acceptors (Lipinski definition) is 9. The molecular formula is C42H55N3O6. The van der Waals surface area contributed by atoms with Gasteiger partial charge in [0.15, 0.2) is 5.78 Å². The Bertz CT molecular complexity index is 1460. The molecule has 3 aromatic carbocycles. The molecule has 1 N–H and O–H groups in total. The van der Waals surface area contributed by atoms with Gasteiger partial charge in [-0.1, -0.05) is 91.0 Å². The Kier molecular flexibility index (Phi) is 25.5. The van der Waals surface area contributed by atoms with Gasteiger partial charge in [-0.15, -0.1) is 0 Å². The van der Waals surface area contributed by atoms with Crippen LogP contribution in [0.1, 0.15) is 77.5 Å². The van der Waals surface area contributed by atoms with Crippen molar-refractivity contribution in [1.29, 1.82) is 15.8 Å². The van der Waals surface area contributed by atoms with E-state index in [4.69, 9.17) is 30.0 Å². The molecule has 274 valence electrons. The third-order valence-electron chi connectivity index (χ3n) is 7.08. The van der Waals surface area contributed by atoms with Crippen LogP contribution in [-0.2, 0) is 43.6 Å². The van der Waals surface area contributed by atoms with E-state index in [1.54, 1.807) is 27.7 Å². The van der Waals surface area contributed by atoms with Crippen LogP contribution in [0.25, 0.3) is 0 Å². The minimum Gasteiger partial charge on any atom is -0.391 e. The molecule has 3 rings (SSSR count). The number of aliphatic hydroxyl groups is 1. The quantitative estimate of drug-likeness (QED) is 0.109. The smallest absolute Gasteiger partial charge is 0.154 e. The molecule has 0 spiro atoms. The van der Waals surface area contributed by atoms with Gasteiger partial charge >= 0.3 is 0 Å². The highest BCUT2D eigenvalue weighted by Gasteiger charge is 2.27. The van der Waals surface area contributed by atoms with Gasteiger partial charge in [-0.2, -0.15) is 15.8 Å². The van der Waals surface area contributed by atoms with Gasteiger partial charge in [-0.05, 0) is 64.7 Å². The fraction of sp³-hybridized carbons (Fsp3) is 0.452. The molecule has 0 aromatic heterocycles. The number of Topliss-reactive ketones (excluding diaryl/α,β-unsaturated/α-hetero) is 1. The molecule has 51 heavy (non-hydrogen) atoms. The lowest BCUT2D eigenvalue weighted by Crippen LogP contribution is -2.28. The van der Waals surface area contributed by atoms with E-state index >= 15 is 0 Å². The first kappa shape index (κ1) is 46.3. The lowest BCUT2D eigenvalue weighted by Gasteiger charge is -2.22. The van der Waals surface area contributed by atoms with Gasteiger partial charge in [-0.25, -0.2) is 0 Å². The lowest BCUT2D eigenvalue weighted by molar-refractivity contribution is -0.125.